The number of amides is 1. The molecule has 0 bridgehead atoms. The average Bonchev–Trinajstić information content (AvgIpc) is 3.06. The van der Waals surface area contributed by atoms with E-state index in [2.05, 4.69) is 14.9 Å². The van der Waals surface area contributed by atoms with Crippen LogP contribution in [0.3, 0.4) is 0 Å². The molecule has 7 nitrogen and oxygen atoms in total. The highest BCUT2D eigenvalue weighted by Crippen LogP contribution is 2.28. The molecule has 1 aliphatic heterocycles. The van der Waals surface area contributed by atoms with Gasteiger partial charge in [-0.2, -0.15) is 0 Å². The number of hydrogen-bond acceptors (Lipinski definition) is 6. The normalized spacial score (nSPS) is 14.7. The minimum Gasteiger partial charge on any atom is -0.353 e. The monoisotopic (exact) mass is 383 g/mol. The summed E-state index contributed by atoms with van der Waals surface area (Å²) in [7, 11) is 0. The number of fused-ring (bicyclic) bond motifs is 1. The van der Waals surface area contributed by atoms with Crippen LogP contribution in [0.15, 0.2) is 35.5 Å². The van der Waals surface area contributed by atoms with Gasteiger partial charge in [-0.1, -0.05) is 6.07 Å². The Labute approximate surface area is 160 Å². The first kappa shape index (κ1) is 17.7. The van der Waals surface area contributed by atoms with Gasteiger partial charge in [0.25, 0.3) is 11.5 Å². The maximum atomic E-state index is 13.1. The van der Waals surface area contributed by atoms with Crippen molar-refractivity contribution in [3.63, 3.8) is 0 Å². The summed E-state index contributed by atoms with van der Waals surface area (Å²) in [6, 6.07) is 5.85. The quantitative estimate of drug-likeness (QED) is 0.693. The molecule has 1 aliphatic rings. The molecule has 0 N–H and O–H groups in total. The highest BCUT2D eigenvalue weighted by atomic mass is 32.1. The second kappa shape index (κ2) is 7.11. The van der Waals surface area contributed by atoms with E-state index in [0.29, 0.717) is 34.7 Å². The van der Waals surface area contributed by atoms with E-state index < -0.39 is 0 Å². The van der Waals surface area contributed by atoms with Crippen LogP contribution >= 0.6 is 11.3 Å². The molecule has 27 heavy (non-hydrogen) atoms. The van der Waals surface area contributed by atoms with E-state index in [1.165, 1.54) is 11.3 Å². The lowest BCUT2D eigenvalue weighted by Crippen LogP contribution is -2.49. The molecular formula is C19H21N5O2S. The van der Waals surface area contributed by atoms with Gasteiger partial charge < -0.3 is 9.80 Å². The lowest BCUT2D eigenvalue weighted by atomic mass is 10.2. The van der Waals surface area contributed by atoms with Crippen molar-refractivity contribution < 1.29 is 4.79 Å². The maximum absolute atomic E-state index is 13.1. The number of rotatable bonds is 3. The van der Waals surface area contributed by atoms with Crippen molar-refractivity contribution in [2.45, 2.75) is 20.4 Å². The number of pyridine rings is 1. The molecule has 1 fully saturated rings. The van der Waals surface area contributed by atoms with Gasteiger partial charge >= 0.3 is 0 Å². The zero-order valence-corrected chi connectivity index (χ0v) is 16.2. The molecule has 4 rings (SSSR count). The largest absolute Gasteiger partial charge is 0.353 e. The molecular weight excluding hydrogens is 362 g/mol. The minimum atomic E-state index is -0.0738. The van der Waals surface area contributed by atoms with Crippen molar-refractivity contribution >= 4 is 33.3 Å². The Kier molecular flexibility index (Phi) is 4.65. The molecule has 0 aromatic carbocycles. The Balaban J connectivity index is 1.56. The topological polar surface area (TPSA) is 71.3 Å². The van der Waals surface area contributed by atoms with Crippen LogP contribution in [0.4, 0.5) is 5.82 Å². The van der Waals surface area contributed by atoms with Crippen molar-refractivity contribution in [1.29, 1.82) is 0 Å². The summed E-state index contributed by atoms with van der Waals surface area (Å²) < 4.78 is 1.57. The minimum absolute atomic E-state index is 0.0152. The Morgan fingerprint density at radius 2 is 1.96 bits per heavy atom. The lowest BCUT2D eigenvalue weighted by Gasteiger charge is -2.35. The maximum Gasteiger partial charge on any atom is 0.264 e. The van der Waals surface area contributed by atoms with Crippen molar-refractivity contribution in [2.24, 2.45) is 0 Å². The summed E-state index contributed by atoms with van der Waals surface area (Å²) in [6.45, 7) is 7.07. The van der Waals surface area contributed by atoms with Gasteiger partial charge in [0.2, 0.25) is 0 Å². The molecule has 3 aromatic heterocycles. The molecule has 0 spiro atoms. The number of carbonyl (C=O) groups is 1. The fourth-order valence-corrected chi connectivity index (χ4v) is 4.52. The molecule has 0 saturated carbocycles. The van der Waals surface area contributed by atoms with Gasteiger partial charge in [0, 0.05) is 38.9 Å². The van der Waals surface area contributed by atoms with Crippen molar-refractivity contribution in [2.75, 3.05) is 31.1 Å². The number of hydrogen-bond donors (Lipinski definition) is 0. The highest BCUT2D eigenvalue weighted by molar-refractivity contribution is 7.20. The molecule has 3 aromatic rings. The second-order valence-corrected chi connectivity index (χ2v) is 7.54. The fraction of sp³-hybridized carbons (Fsp3) is 0.368. The van der Waals surface area contributed by atoms with E-state index in [1.54, 1.807) is 17.1 Å². The fourth-order valence-electron chi connectivity index (χ4n) is 3.41. The molecule has 140 valence electrons. The molecule has 1 saturated heterocycles. The van der Waals surface area contributed by atoms with E-state index in [1.807, 2.05) is 36.9 Å². The van der Waals surface area contributed by atoms with Gasteiger partial charge in [0.05, 0.1) is 16.6 Å². The number of aromatic nitrogens is 3. The van der Waals surface area contributed by atoms with Crippen LogP contribution in [-0.2, 0) is 6.54 Å². The molecule has 8 heteroatoms. The van der Waals surface area contributed by atoms with Gasteiger partial charge in [-0.25, -0.2) is 9.97 Å². The number of anilines is 1. The summed E-state index contributed by atoms with van der Waals surface area (Å²) in [4.78, 5) is 39.7. The standard InChI is InChI=1S/C19H21N5O2S/c1-3-22-12-21-17-15(18(22)25)13(2)16(27-17)19(26)24-10-8-23(9-11-24)14-6-4-5-7-20-14/h4-7,12H,3,8-11H2,1-2H3. The predicted molar refractivity (Wildman–Crippen MR) is 107 cm³/mol. The molecule has 0 aliphatic carbocycles. The van der Waals surface area contributed by atoms with Crippen LogP contribution in [0.25, 0.3) is 10.2 Å². The van der Waals surface area contributed by atoms with E-state index in [-0.39, 0.29) is 11.5 Å². The zero-order chi connectivity index (χ0) is 19.0. The Morgan fingerprint density at radius 3 is 2.63 bits per heavy atom. The van der Waals surface area contributed by atoms with E-state index in [0.717, 1.165) is 24.5 Å². The molecule has 0 radical (unpaired) electrons. The van der Waals surface area contributed by atoms with Gasteiger partial charge in [-0.3, -0.25) is 14.2 Å². The number of thiophene rings is 1. The van der Waals surface area contributed by atoms with Crippen LogP contribution in [0, 0.1) is 6.92 Å². The number of aryl methyl sites for hydroxylation is 2. The summed E-state index contributed by atoms with van der Waals surface area (Å²) in [5, 5.41) is 0.569. The Bertz CT molecular complexity index is 1040. The van der Waals surface area contributed by atoms with Gasteiger partial charge in [-0.05, 0) is 31.5 Å². The third-order valence-corrected chi connectivity index (χ3v) is 6.18. The van der Waals surface area contributed by atoms with E-state index >= 15 is 0 Å². The van der Waals surface area contributed by atoms with Gasteiger partial charge in [-0.15, -0.1) is 11.3 Å². The van der Waals surface area contributed by atoms with Crippen molar-refractivity contribution in [3.05, 3.63) is 51.5 Å². The number of carbonyl (C=O) groups excluding carboxylic acids is 1. The van der Waals surface area contributed by atoms with Gasteiger partial charge in [0.15, 0.2) is 0 Å². The van der Waals surface area contributed by atoms with E-state index in [4.69, 9.17) is 0 Å². The van der Waals surface area contributed by atoms with Crippen LogP contribution in [0.2, 0.25) is 0 Å². The first-order valence-corrected chi connectivity index (χ1v) is 9.85. The predicted octanol–water partition coefficient (Wildman–Crippen LogP) is 2.14. The van der Waals surface area contributed by atoms with Crippen LogP contribution in [-0.4, -0.2) is 51.5 Å². The summed E-state index contributed by atoms with van der Waals surface area (Å²) in [5.41, 5.74) is 0.669. The third kappa shape index (κ3) is 3.10. The van der Waals surface area contributed by atoms with Crippen LogP contribution in [0.5, 0.6) is 0 Å². The molecule has 0 atom stereocenters. The van der Waals surface area contributed by atoms with Gasteiger partial charge in [0.1, 0.15) is 10.6 Å². The molecule has 0 unspecified atom stereocenters. The Hall–Kier alpha value is -2.74. The second-order valence-electron chi connectivity index (χ2n) is 6.54. The summed E-state index contributed by atoms with van der Waals surface area (Å²) in [5.74, 6) is 0.922. The highest BCUT2D eigenvalue weighted by Gasteiger charge is 2.27. The molecule has 4 heterocycles. The Morgan fingerprint density at radius 1 is 1.19 bits per heavy atom. The number of nitrogens with zero attached hydrogens (tertiary/aromatic N) is 5. The lowest BCUT2D eigenvalue weighted by molar-refractivity contribution is 0.0751. The average molecular weight is 383 g/mol. The zero-order valence-electron chi connectivity index (χ0n) is 15.4. The summed E-state index contributed by atoms with van der Waals surface area (Å²) >= 11 is 1.31. The third-order valence-electron chi connectivity index (χ3n) is 4.99. The molecule has 1 amide bonds. The smallest absolute Gasteiger partial charge is 0.264 e. The van der Waals surface area contributed by atoms with Crippen LogP contribution in [0.1, 0.15) is 22.2 Å². The van der Waals surface area contributed by atoms with Crippen LogP contribution < -0.4 is 10.5 Å². The van der Waals surface area contributed by atoms with Crippen molar-refractivity contribution in [1.82, 2.24) is 19.4 Å². The van der Waals surface area contributed by atoms with E-state index in [9.17, 15) is 9.59 Å². The van der Waals surface area contributed by atoms with Crippen molar-refractivity contribution in [3.8, 4) is 0 Å². The first-order valence-electron chi connectivity index (χ1n) is 9.04. The SMILES string of the molecule is CCn1cnc2sc(C(=O)N3CCN(c4ccccn4)CC3)c(C)c2c1=O. The number of piperazine rings is 1. The summed E-state index contributed by atoms with van der Waals surface area (Å²) in [6.07, 6.45) is 3.34. The first-order chi connectivity index (χ1) is 13.1.